The molecule has 2 heterocycles. The first kappa shape index (κ1) is 13.1. The Bertz CT molecular complexity index is 347. The third-order valence-electron chi connectivity index (χ3n) is 3.95. The highest BCUT2D eigenvalue weighted by atomic mass is 16.5. The lowest BCUT2D eigenvalue weighted by atomic mass is 9.99. The topological polar surface area (TPSA) is 70.1 Å². The van der Waals surface area contributed by atoms with Crippen molar-refractivity contribution >= 4 is 12.0 Å². The predicted octanol–water partition coefficient (Wildman–Crippen LogP) is 0.480. The summed E-state index contributed by atoms with van der Waals surface area (Å²) >= 11 is 0. The van der Waals surface area contributed by atoms with Crippen LogP contribution in [-0.2, 0) is 9.53 Å². The molecular weight excluding hydrogens is 236 g/mol. The van der Waals surface area contributed by atoms with Gasteiger partial charge in [-0.15, -0.1) is 0 Å². The zero-order chi connectivity index (χ0) is 13.3. The third-order valence-corrected chi connectivity index (χ3v) is 3.95. The first-order valence-corrected chi connectivity index (χ1v) is 6.32. The monoisotopic (exact) mass is 256 g/mol. The molecule has 2 rings (SSSR count). The van der Waals surface area contributed by atoms with Crippen molar-refractivity contribution in [3.8, 4) is 0 Å². The molecule has 2 aliphatic rings. The van der Waals surface area contributed by atoms with Gasteiger partial charge in [0.05, 0.1) is 12.0 Å². The molecule has 6 heteroatoms. The minimum absolute atomic E-state index is 0.0206. The Kier molecular flexibility index (Phi) is 3.75. The van der Waals surface area contributed by atoms with Gasteiger partial charge in [-0.1, -0.05) is 6.92 Å². The van der Waals surface area contributed by atoms with E-state index in [0.717, 1.165) is 6.42 Å². The number of rotatable bonds is 2. The molecule has 3 unspecified atom stereocenters. The third kappa shape index (κ3) is 2.43. The molecule has 2 aliphatic heterocycles. The second kappa shape index (κ2) is 5.14. The lowest BCUT2D eigenvalue weighted by molar-refractivity contribution is -0.142. The Hall–Kier alpha value is -1.30. The number of hydrogen-bond acceptors (Lipinski definition) is 3. The quantitative estimate of drug-likeness (QED) is 0.780. The average molecular weight is 256 g/mol. The molecule has 0 aliphatic carbocycles. The van der Waals surface area contributed by atoms with Gasteiger partial charge < -0.3 is 19.6 Å². The lowest BCUT2D eigenvalue weighted by Gasteiger charge is -2.24. The molecular formula is C12H20N2O4. The molecule has 0 saturated carbocycles. The number of likely N-dealkylation sites (tertiary alicyclic amines) is 2. The van der Waals surface area contributed by atoms with Crippen LogP contribution in [0, 0.1) is 11.8 Å². The largest absolute Gasteiger partial charge is 0.481 e. The molecule has 0 spiro atoms. The lowest BCUT2D eigenvalue weighted by Crippen LogP contribution is -2.41. The van der Waals surface area contributed by atoms with Gasteiger partial charge >= 0.3 is 12.0 Å². The van der Waals surface area contributed by atoms with Crippen LogP contribution < -0.4 is 0 Å². The van der Waals surface area contributed by atoms with Gasteiger partial charge in [0.25, 0.3) is 0 Å². The fourth-order valence-electron chi connectivity index (χ4n) is 2.74. The molecule has 0 radical (unpaired) electrons. The van der Waals surface area contributed by atoms with Crippen molar-refractivity contribution in [2.75, 3.05) is 33.3 Å². The normalized spacial score (nSPS) is 32.0. The smallest absolute Gasteiger partial charge is 0.320 e. The van der Waals surface area contributed by atoms with Crippen molar-refractivity contribution in [2.24, 2.45) is 11.8 Å². The van der Waals surface area contributed by atoms with Gasteiger partial charge in [0.15, 0.2) is 0 Å². The molecule has 3 atom stereocenters. The minimum Gasteiger partial charge on any atom is -0.481 e. The number of hydrogen-bond donors (Lipinski definition) is 1. The molecule has 6 nitrogen and oxygen atoms in total. The molecule has 1 N–H and O–H groups in total. The summed E-state index contributed by atoms with van der Waals surface area (Å²) in [6.45, 7) is 4.04. The van der Waals surface area contributed by atoms with Gasteiger partial charge in [0.1, 0.15) is 0 Å². The molecule has 0 aromatic rings. The van der Waals surface area contributed by atoms with Crippen LogP contribution in [0.4, 0.5) is 4.79 Å². The Morgan fingerprint density at radius 2 is 1.94 bits per heavy atom. The number of amides is 2. The van der Waals surface area contributed by atoms with E-state index in [4.69, 9.17) is 9.84 Å². The predicted molar refractivity (Wildman–Crippen MR) is 64.2 cm³/mol. The van der Waals surface area contributed by atoms with Crippen molar-refractivity contribution in [3.05, 3.63) is 0 Å². The number of carboxylic acid groups (broad SMARTS) is 1. The van der Waals surface area contributed by atoms with Gasteiger partial charge in [-0.25, -0.2) is 4.79 Å². The van der Waals surface area contributed by atoms with Crippen LogP contribution in [0.5, 0.6) is 0 Å². The summed E-state index contributed by atoms with van der Waals surface area (Å²) in [7, 11) is 1.65. The van der Waals surface area contributed by atoms with Crippen molar-refractivity contribution in [3.63, 3.8) is 0 Å². The van der Waals surface area contributed by atoms with E-state index < -0.39 is 11.9 Å². The van der Waals surface area contributed by atoms with Crippen molar-refractivity contribution in [1.82, 2.24) is 9.80 Å². The Labute approximate surface area is 106 Å². The van der Waals surface area contributed by atoms with Crippen LogP contribution in [-0.4, -0.2) is 66.3 Å². The van der Waals surface area contributed by atoms with Gasteiger partial charge in [-0.05, 0) is 12.3 Å². The van der Waals surface area contributed by atoms with E-state index in [2.05, 4.69) is 0 Å². The highest BCUT2D eigenvalue weighted by Gasteiger charge is 2.39. The number of carboxylic acids is 1. The van der Waals surface area contributed by atoms with E-state index in [-0.39, 0.29) is 18.1 Å². The number of ether oxygens (including phenoxy) is 1. The summed E-state index contributed by atoms with van der Waals surface area (Å²) in [5.41, 5.74) is 0. The van der Waals surface area contributed by atoms with Gasteiger partial charge in [-0.2, -0.15) is 0 Å². The number of aliphatic carboxylic acids is 1. The molecule has 18 heavy (non-hydrogen) atoms. The van der Waals surface area contributed by atoms with E-state index in [1.807, 2.05) is 6.92 Å². The summed E-state index contributed by atoms with van der Waals surface area (Å²) in [5, 5.41) is 9.06. The van der Waals surface area contributed by atoms with Crippen LogP contribution in [0.15, 0.2) is 0 Å². The number of carbonyl (C=O) groups excluding carboxylic acids is 1. The van der Waals surface area contributed by atoms with Crippen LogP contribution in [0.25, 0.3) is 0 Å². The maximum atomic E-state index is 12.2. The summed E-state index contributed by atoms with van der Waals surface area (Å²) in [4.78, 5) is 26.7. The molecule has 0 aromatic heterocycles. The maximum Gasteiger partial charge on any atom is 0.320 e. The zero-order valence-corrected chi connectivity index (χ0v) is 10.8. The van der Waals surface area contributed by atoms with E-state index in [0.29, 0.717) is 26.2 Å². The SMILES string of the molecule is COC1CCN(C(=O)N2CC(C)C(C(=O)O)C2)C1. The van der Waals surface area contributed by atoms with Crippen LogP contribution >= 0.6 is 0 Å². The minimum atomic E-state index is -0.811. The van der Waals surface area contributed by atoms with E-state index in [1.165, 1.54) is 0 Å². The van der Waals surface area contributed by atoms with Crippen molar-refractivity contribution in [2.45, 2.75) is 19.4 Å². The van der Waals surface area contributed by atoms with Gasteiger partial charge in [0.2, 0.25) is 0 Å². The Balaban J connectivity index is 1.93. The van der Waals surface area contributed by atoms with Crippen LogP contribution in [0.3, 0.4) is 0 Å². The summed E-state index contributed by atoms with van der Waals surface area (Å²) in [6, 6.07) is -0.0508. The average Bonchev–Trinajstić information content (AvgIpc) is 2.94. The van der Waals surface area contributed by atoms with Gasteiger partial charge in [-0.3, -0.25) is 4.79 Å². The number of nitrogens with zero attached hydrogens (tertiary/aromatic N) is 2. The van der Waals surface area contributed by atoms with Gasteiger partial charge in [0, 0.05) is 33.3 Å². The first-order chi connectivity index (χ1) is 8.52. The van der Waals surface area contributed by atoms with Crippen molar-refractivity contribution in [1.29, 1.82) is 0 Å². The van der Waals surface area contributed by atoms with E-state index in [9.17, 15) is 9.59 Å². The van der Waals surface area contributed by atoms with Crippen LogP contribution in [0.2, 0.25) is 0 Å². The second-order valence-corrected chi connectivity index (χ2v) is 5.20. The maximum absolute atomic E-state index is 12.2. The number of urea groups is 1. The first-order valence-electron chi connectivity index (χ1n) is 6.32. The summed E-state index contributed by atoms with van der Waals surface area (Å²) in [6.07, 6.45) is 0.970. The number of methoxy groups -OCH3 is 1. The molecule has 2 amide bonds. The Morgan fingerprint density at radius 3 is 2.44 bits per heavy atom. The molecule has 0 aromatic carbocycles. The Morgan fingerprint density at radius 1 is 1.22 bits per heavy atom. The molecule has 0 bridgehead atoms. The highest BCUT2D eigenvalue weighted by molar-refractivity contribution is 5.78. The fraction of sp³-hybridized carbons (Fsp3) is 0.833. The standard InChI is InChI=1S/C12H20N2O4/c1-8-5-14(7-10(8)11(15)16)12(17)13-4-3-9(6-13)18-2/h8-10H,3-7H2,1-2H3,(H,15,16). The zero-order valence-electron chi connectivity index (χ0n) is 10.8. The summed E-state index contributed by atoms with van der Waals surface area (Å²) < 4.78 is 5.23. The van der Waals surface area contributed by atoms with E-state index >= 15 is 0 Å². The van der Waals surface area contributed by atoms with Crippen LogP contribution in [0.1, 0.15) is 13.3 Å². The van der Waals surface area contributed by atoms with Crippen molar-refractivity contribution < 1.29 is 19.4 Å². The fourth-order valence-corrected chi connectivity index (χ4v) is 2.74. The summed E-state index contributed by atoms with van der Waals surface area (Å²) in [5.74, 6) is -1.23. The molecule has 2 fully saturated rings. The molecule has 2 saturated heterocycles. The van der Waals surface area contributed by atoms with E-state index in [1.54, 1.807) is 16.9 Å². The highest BCUT2D eigenvalue weighted by Crippen LogP contribution is 2.25. The second-order valence-electron chi connectivity index (χ2n) is 5.20. The number of carbonyl (C=O) groups is 2. The molecule has 102 valence electrons.